The molecule has 0 saturated heterocycles. The van der Waals surface area contributed by atoms with Crippen LogP contribution in [0.1, 0.15) is 21.5 Å². The number of likely N-dealkylation sites (N-methyl/N-ethyl adjacent to an activating group) is 1. The molecule has 4 aromatic carbocycles. The highest BCUT2D eigenvalue weighted by Gasteiger charge is 2.17. The second kappa shape index (κ2) is 10.6. The maximum Gasteiger partial charge on any atom is 0.251 e. The summed E-state index contributed by atoms with van der Waals surface area (Å²) in [5.74, 6) is 0.686. The third-order valence-electron chi connectivity index (χ3n) is 7.11. The molecule has 1 amide bonds. The summed E-state index contributed by atoms with van der Waals surface area (Å²) in [5, 5.41) is 2.94. The Hall–Kier alpha value is -5.06. The molecule has 1 aliphatic rings. The minimum atomic E-state index is -0.0774. The molecule has 0 aliphatic carbocycles. The molecule has 0 saturated carbocycles. The number of benzene rings is 4. The van der Waals surface area contributed by atoms with Crippen molar-refractivity contribution in [2.24, 2.45) is 4.99 Å². The lowest BCUT2D eigenvalue weighted by atomic mass is 10.00. The quantitative estimate of drug-likeness (QED) is 0.241. The zero-order chi connectivity index (χ0) is 27.6. The van der Waals surface area contributed by atoms with Crippen LogP contribution in [-0.4, -0.2) is 53.7 Å². The van der Waals surface area contributed by atoms with E-state index in [1.165, 1.54) is 5.56 Å². The number of amides is 1. The van der Waals surface area contributed by atoms with Crippen molar-refractivity contribution in [1.29, 1.82) is 0 Å². The van der Waals surface area contributed by atoms with Gasteiger partial charge in [-0.25, -0.2) is 9.83 Å². The molecule has 7 heteroatoms. The number of rotatable bonds is 7. The summed E-state index contributed by atoms with van der Waals surface area (Å²) in [5.41, 5.74) is 10.5. The van der Waals surface area contributed by atoms with Crippen LogP contribution in [0.3, 0.4) is 0 Å². The number of hydrogen-bond acceptors (Lipinski definition) is 4. The second-order valence-corrected chi connectivity index (χ2v) is 10.2. The van der Waals surface area contributed by atoms with Gasteiger partial charge in [0.1, 0.15) is 5.82 Å². The Morgan fingerprint density at radius 3 is 2.38 bits per heavy atom. The summed E-state index contributed by atoms with van der Waals surface area (Å²) < 4.78 is 0. The zero-order valence-electron chi connectivity index (χ0n) is 22.4. The van der Waals surface area contributed by atoms with Gasteiger partial charge < -0.3 is 15.2 Å². The summed E-state index contributed by atoms with van der Waals surface area (Å²) in [4.78, 5) is 31.0. The third-order valence-corrected chi connectivity index (χ3v) is 7.11. The number of H-pyrrole nitrogens is 1. The summed E-state index contributed by atoms with van der Waals surface area (Å²) in [7, 11) is 3.96. The molecule has 1 aliphatic heterocycles. The van der Waals surface area contributed by atoms with Crippen LogP contribution in [-0.2, 0) is 6.42 Å². The maximum atomic E-state index is 12.4. The molecule has 7 nitrogen and oxygen atoms in total. The molecule has 5 aromatic rings. The van der Waals surface area contributed by atoms with E-state index in [9.17, 15) is 4.79 Å². The average Bonchev–Trinajstić information content (AvgIpc) is 3.60. The predicted molar refractivity (Wildman–Crippen MR) is 160 cm³/mol. The number of carbonyl (C=O) groups is 1. The van der Waals surface area contributed by atoms with Gasteiger partial charge in [0.05, 0.1) is 29.0 Å². The SMILES string of the molecule is [C-]#[N+]c1ccc(C2=Nc3cc(-c4ccc5nc(-c6ccc(C(=O)NCCN(C)C)cc6)[nH]c5c4)ccc3C2)cc1. The highest BCUT2D eigenvalue weighted by Crippen LogP contribution is 2.34. The Kier molecular flexibility index (Phi) is 6.69. The fraction of sp³-hybridized carbons (Fsp3) is 0.152. The largest absolute Gasteiger partial charge is 0.351 e. The van der Waals surface area contributed by atoms with Gasteiger partial charge >= 0.3 is 0 Å². The Bertz CT molecular complexity index is 1790. The van der Waals surface area contributed by atoms with Gasteiger partial charge in [-0.3, -0.25) is 9.79 Å². The van der Waals surface area contributed by atoms with Crippen LogP contribution in [0.25, 0.3) is 38.4 Å². The molecule has 1 aromatic heterocycles. The van der Waals surface area contributed by atoms with Crippen LogP contribution in [0, 0.1) is 6.57 Å². The van der Waals surface area contributed by atoms with Gasteiger partial charge in [0, 0.05) is 30.6 Å². The minimum Gasteiger partial charge on any atom is -0.351 e. The van der Waals surface area contributed by atoms with Crippen LogP contribution in [0.4, 0.5) is 11.4 Å². The molecule has 0 unspecified atom stereocenters. The van der Waals surface area contributed by atoms with Crippen molar-refractivity contribution in [2.75, 3.05) is 27.2 Å². The molecule has 196 valence electrons. The van der Waals surface area contributed by atoms with E-state index in [-0.39, 0.29) is 5.91 Å². The molecular formula is C33H28N6O. The molecule has 2 N–H and O–H groups in total. The van der Waals surface area contributed by atoms with Crippen LogP contribution in [0.2, 0.25) is 0 Å². The zero-order valence-corrected chi connectivity index (χ0v) is 22.4. The van der Waals surface area contributed by atoms with E-state index in [4.69, 9.17) is 16.5 Å². The molecule has 0 spiro atoms. The first-order chi connectivity index (χ1) is 19.5. The van der Waals surface area contributed by atoms with E-state index >= 15 is 0 Å². The summed E-state index contributed by atoms with van der Waals surface area (Å²) in [6.45, 7) is 8.56. The topological polar surface area (TPSA) is 77.7 Å². The lowest BCUT2D eigenvalue weighted by Gasteiger charge is -2.10. The van der Waals surface area contributed by atoms with Gasteiger partial charge in [-0.05, 0) is 66.7 Å². The van der Waals surface area contributed by atoms with Gasteiger partial charge in [-0.15, -0.1) is 0 Å². The number of imidazole rings is 1. The van der Waals surface area contributed by atoms with Gasteiger partial charge in [-0.1, -0.05) is 54.6 Å². The van der Waals surface area contributed by atoms with Crippen molar-refractivity contribution in [3.8, 4) is 22.5 Å². The van der Waals surface area contributed by atoms with Crippen molar-refractivity contribution in [3.63, 3.8) is 0 Å². The van der Waals surface area contributed by atoms with Crippen LogP contribution >= 0.6 is 0 Å². The first-order valence-electron chi connectivity index (χ1n) is 13.2. The number of aliphatic imine (C=N–C) groups is 1. The molecule has 2 heterocycles. The highest BCUT2D eigenvalue weighted by molar-refractivity contribution is 6.07. The van der Waals surface area contributed by atoms with Crippen molar-refractivity contribution in [2.45, 2.75) is 6.42 Å². The normalized spacial score (nSPS) is 12.3. The number of nitrogens with one attached hydrogen (secondary N) is 2. The van der Waals surface area contributed by atoms with E-state index in [1.54, 1.807) is 0 Å². The van der Waals surface area contributed by atoms with Gasteiger partial charge in [-0.2, -0.15) is 0 Å². The van der Waals surface area contributed by atoms with E-state index < -0.39 is 0 Å². The van der Waals surface area contributed by atoms with Crippen molar-refractivity contribution in [3.05, 3.63) is 113 Å². The highest BCUT2D eigenvalue weighted by atomic mass is 16.1. The number of aromatic nitrogens is 2. The molecule has 0 bridgehead atoms. The molecular weight excluding hydrogens is 496 g/mol. The number of nitrogens with zero attached hydrogens (tertiary/aromatic N) is 4. The third kappa shape index (κ3) is 5.13. The van der Waals surface area contributed by atoms with Crippen LogP contribution in [0.5, 0.6) is 0 Å². The maximum absolute atomic E-state index is 12.4. The molecule has 0 radical (unpaired) electrons. The number of fused-ring (bicyclic) bond motifs is 2. The summed E-state index contributed by atoms with van der Waals surface area (Å²) in [6, 6.07) is 27.8. The van der Waals surface area contributed by atoms with E-state index in [2.05, 4.69) is 45.5 Å². The molecule has 0 atom stereocenters. The summed E-state index contributed by atoms with van der Waals surface area (Å²) in [6.07, 6.45) is 0.784. The minimum absolute atomic E-state index is 0.0774. The average molecular weight is 525 g/mol. The van der Waals surface area contributed by atoms with Gasteiger partial charge in [0.15, 0.2) is 5.69 Å². The Morgan fingerprint density at radius 1 is 0.925 bits per heavy atom. The second-order valence-electron chi connectivity index (χ2n) is 10.2. The molecule has 40 heavy (non-hydrogen) atoms. The van der Waals surface area contributed by atoms with E-state index in [0.29, 0.717) is 17.8 Å². The molecule has 0 fully saturated rings. The van der Waals surface area contributed by atoms with Crippen molar-refractivity contribution < 1.29 is 4.79 Å². The van der Waals surface area contributed by atoms with E-state index in [1.807, 2.05) is 73.6 Å². The standard InChI is InChI=1S/C33H28N6O/c1-34-27-13-10-21(11-14-27)29-20-26-9-8-24(18-30(26)36-29)25-12-15-28-31(19-25)38-32(37-28)22-4-6-23(7-5-22)33(40)35-16-17-39(2)3/h4-15,18-19H,16-17,20H2,2-3H3,(H,35,40)(H,37,38). The predicted octanol–water partition coefficient (Wildman–Crippen LogP) is 6.42. The lowest BCUT2D eigenvalue weighted by molar-refractivity contribution is 0.0951. The van der Waals surface area contributed by atoms with E-state index in [0.717, 1.165) is 63.5 Å². The number of aromatic amines is 1. The Labute approximate surface area is 233 Å². The fourth-order valence-corrected chi connectivity index (χ4v) is 4.86. The first kappa shape index (κ1) is 25.2. The number of hydrogen-bond donors (Lipinski definition) is 2. The summed E-state index contributed by atoms with van der Waals surface area (Å²) >= 11 is 0. The van der Waals surface area contributed by atoms with Gasteiger partial charge in [0.25, 0.3) is 5.91 Å². The monoisotopic (exact) mass is 524 g/mol. The number of carbonyl (C=O) groups excluding carboxylic acids is 1. The van der Waals surface area contributed by atoms with Gasteiger partial charge in [0.2, 0.25) is 0 Å². The van der Waals surface area contributed by atoms with Crippen molar-refractivity contribution in [1.82, 2.24) is 20.2 Å². The molecule has 6 rings (SSSR count). The smallest absolute Gasteiger partial charge is 0.251 e. The Morgan fingerprint density at radius 2 is 1.62 bits per heavy atom. The van der Waals surface area contributed by atoms with Crippen LogP contribution < -0.4 is 5.32 Å². The van der Waals surface area contributed by atoms with Crippen molar-refractivity contribution >= 4 is 34.0 Å². The van der Waals surface area contributed by atoms with Crippen LogP contribution in [0.15, 0.2) is 89.9 Å². The lowest BCUT2D eigenvalue weighted by Crippen LogP contribution is -2.31. The first-order valence-corrected chi connectivity index (χ1v) is 13.2. The fourth-order valence-electron chi connectivity index (χ4n) is 4.86. The Balaban J connectivity index is 1.21.